The van der Waals surface area contributed by atoms with Crippen LogP contribution in [0, 0.1) is 0 Å². The molecule has 0 aliphatic heterocycles. The maximum absolute atomic E-state index is 13.0. The number of carbonyl (C=O) groups excluding carboxylic acids is 1. The number of methoxy groups -OCH3 is 3. The first-order valence-corrected chi connectivity index (χ1v) is 9.76. The summed E-state index contributed by atoms with van der Waals surface area (Å²) in [5.74, 6) is 2.15. The molecule has 0 radical (unpaired) electrons. The van der Waals surface area contributed by atoms with Crippen LogP contribution in [0.25, 0.3) is 11.3 Å². The minimum atomic E-state index is 0.00966. The van der Waals surface area contributed by atoms with Crippen molar-refractivity contribution in [2.24, 2.45) is 0 Å². The molecule has 1 aliphatic carbocycles. The fourth-order valence-electron chi connectivity index (χ4n) is 3.42. The number of nitrogens with zero attached hydrogens (tertiary/aromatic N) is 2. The highest BCUT2D eigenvalue weighted by molar-refractivity contribution is 5.94. The lowest BCUT2D eigenvalue weighted by Gasteiger charge is -2.21. The van der Waals surface area contributed by atoms with Gasteiger partial charge in [0, 0.05) is 23.2 Å². The quantitative estimate of drug-likeness (QED) is 0.557. The Morgan fingerprint density at radius 3 is 2.27 bits per heavy atom. The molecule has 7 nitrogen and oxygen atoms in total. The number of hydrogen-bond acceptors (Lipinski definition) is 6. The zero-order chi connectivity index (χ0) is 21.1. The van der Waals surface area contributed by atoms with Crippen LogP contribution in [-0.4, -0.2) is 43.3 Å². The van der Waals surface area contributed by atoms with Crippen molar-refractivity contribution in [3.05, 3.63) is 59.8 Å². The molecule has 0 atom stereocenters. The molecule has 0 bridgehead atoms. The van der Waals surface area contributed by atoms with Gasteiger partial charge in [0.15, 0.2) is 17.3 Å². The van der Waals surface area contributed by atoms with E-state index in [1.54, 1.807) is 33.5 Å². The van der Waals surface area contributed by atoms with Gasteiger partial charge in [0.1, 0.15) is 5.69 Å². The van der Waals surface area contributed by atoms with Crippen LogP contribution in [0.1, 0.15) is 28.9 Å². The van der Waals surface area contributed by atoms with E-state index < -0.39 is 0 Å². The van der Waals surface area contributed by atoms with Gasteiger partial charge < -0.3 is 23.6 Å². The first-order valence-electron chi connectivity index (χ1n) is 9.76. The molecule has 0 spiro atoms. The van der Waals surface area contributed by atoms with Crippen LogP contribution in [0.2, 0.25) is 0 Å². The first-order chi connectivity index (χ1) is 14.6. The molecule has 7 heteroatoms. The standard InChI is InChI=1S/C23H24N2O5/c1-27-20-11-16(12-21(28-2)22(20)29-3)19-13-17(24-30-19)14-25(18-9-10-18)23(26)15-7-5-4-6-8-15/h4-8,11-13,18H,9-10,14H2,1-3H3. The molecule has 1 aliphatic rings. The summed E-state index contributed by atoms with van der Waals surface area (Å²) < 4.78 is 21.8. The molecular formula is C23H24N2O5. The van der Waals surface area contributed by atoms with Crippen LogP contribution in [0.15, 0.2) is 53.1 Å². The molecular weight excluding hydrogens is 384 g/mol. The largest absolute Gasteiger partial charge is 0.493 e. The lowest BCUT2D eigenvalue weighted by molar-refractivity contribution is 0.0726. The molecule has 1 fully saturated rings. The Morgan fingerprint density at radius 1 is 1.03 bits per heavy atom. The molecule has 156 valence electrons. The van der Waals surface area contributed by atoms with E-state index in [0.29, 0.717) is 40.8 Å². The molecule has 0 saturated heterocycles. The normalized spacial score (nSPS) is 13.0. The summed E-state index contributed by atoms with van der Waals surface area (Å²) in [6.45, 7) is 0.395. The van der Waals surface area contributed by atoms with Crippen LogP contribution in [-0.2, 0) is 6.54 Å². The predicted molar refractivity (Wildman–Crippen MR) is 111 cm³/mol. The zero-order valence-electron chi connectivity index (χ0n) is 17.3. The van der Waals surface area contributed by atoms with Crippen molar-refractivity contribution < 1.29 is 23.5 Å². The van der Waals surface area contributed by atoms with Crippen LogP contribution in [0.4, 0.5) is 0 Å². The maximum atomic E-state index is 13.0. The van der Waals surface area contributed by atoms with Gasteiger partial charge >= 0.3 is 0 Å². The third-order valence-corrected chi connectivity index (χ3v) is 5.11. The van der Waals surface area contributed by atoms with Crippen LogP contribution in [0.5, 0.6) is 17.2 Å². The maximum Gasteiger partial charge on any atom is 0.254 e. The topological polar surface area (TPSA) is 74.0 Å². The Hall–Kier alpha value is -3.48. The summed E-state index contributed by atoms with van der Waals surface area (Å²) >= 11 is 0. The van der Waals surface area contributed by atoms with E-state index >= 15 is 0 Å². The second-order valence-electron chi connectivity index (χ2n) is 7.13. The fourth-order valence-corrected chi connectivity index (χ4v) is 3.42. The zero-order valence-corrected chi connectivity index (χ0v) is 17.3. The smallest absolute Gasteiger partial charge is 0.254 e. The average molecular weight is 408 g/mol. The summed E-state index contributed by atoms with van der Waals surface area (Å²) in [4.78, 5) is 14.8. The van der Waals surface area contributed by atoms with Crippen molar-refractivity contribution in [2.75, 3.05) is 21.3 Å². The average Bonchev–Trinajstić information content (AvgIpc) is 3.53. The van der Waals surface area contributed by atoms with Crippen molar-refractivity contribution in [1.82, 2.24) is 10.1 Å². The SMILES string of the molecule is COc1cc(-c2cc(CN(C(=O)c3ccccc3)C3CC3)no2)cc(OC)c1OC. The third kappa shape index (κ3) is 3.96. The summed E-state index contributed by atoms with van der Waals surface area (Å²) in [7, 11) is 4.69. The molecule has 4 rings (SSSR count). The van der Waals surface area contributed by atoms with Gasteiger partial charge in [0.2, 0.25) is 5.75 Å². The minimum absolute atomic E-state index is 0.00966. The molecule has 2 aromatic carbocycles. The van der Waals surface area contributed by atoms with Gasteiger partial charge in [0.25, 0.3) is 5.91 Å². The highest BCUT2D eigenvalue weighted by Crippen LogP contribution is 2.41. The first kappa shape index (κ1) is 19.8. The highest BCUT2D eigenvalue weighted by Gasteiger charge is 2.33. The van der Waals surface area contributed by atoms with Gasteiger partial charge in [-0.05, 0) is 37.1 Å². The molecule has 3 aromatic rings. The second-order valence-corrected chi connectivity index (χ2v) is 7.13. The highest BCUT2D eigenvalue weighted by atomic mass is 16.5. The van der Waals surface area contributed by atoms with E-state index in [9.17, 15) is 4.79 Å². The van der Waals surface area contributed by atoms with Crippen LogP contribution >= 0.6 is 0 Å². The molecule has 1 aromatic heterocycles. The van der Waals surface area contributed by atoms with Crippen LogP contribution < -0.4 is 14.2 Å². The summed E-state index contributed by atoms with van der Waals surface area (Å²) in [5, 5.41) is 4.19. The van der Waals surface area contributed by atoms with E-state index in [0.717, 1.165) is 18.4 Å². The lowest BCUT2D eigenvalue weighted by Crippen LogP contribution is -2.32. The van der Waals surface area contributed by atoms with Crippen molar-refractivity contribution >= 4 is 5.91 Å². The van der Waals surface area contributed by atoms with Gasteiger partial charge in [-0.2, -0.15) is 0 Å². The van der Waals surface area contributed by atoms with E-state index in [1.807, 2.05) is 41.3 Å². The van der Waals surface area contributed by atoms with Crippen LogP contribution in [0.3, 0.4) is 0 Å². The van der Waals surface area contributed by atoms with Gasteiger partial charge in [-0.1, -0.05) is 23.4 Å². The number of rotatable bonds is 8. The monoisotopic (exact) mass is 408 g/mol. The molecule has 30 heavy (non-hydrogen) atoms. The Kier molecular flexibility index (Phi) is 5.61. The summed E-state index contributed by atoms with van der Waals surface area (Å²) in [6, 6.07) is 15.0. The van der Waals surface area contributed by atoms with E-state index in [4.69, 9.17) is 18.7 Å². The lowest BCUT2D eigenvalue weighted by atomic mass is 10.1. The number of aromatic nitrogens is 1. The van der Waals surface area contributed by atoms with Crippen molar-refractivity contribution in [3.8, 4) is 28.6 Å². The number of benzene rings is 2. The number of ether oxygens (including phenoxy) is 3. The Bertz CT molecular complexity index is 1000. The van der Waals surface area contributed by atoms with Gasteiger partial charge in [-0.15, -0.1) is 0 Å². The third-order valence-electron chi connectivity index (χ3n) is 5.11. The minimum Gasteiger partial charge on any atom is -0.493 e. The van der Waals surface area contributed by atoms with Crippen molar-refractivity contribution in [3.63, 3.8) is 0 Å². The fraction of sp³-hybridized carbons (Fsp3) is 0.304. The van der Waals surface area contributed by atoms with E-state index in [1.165, 1.54) is 0 Å². The Morgan fingerprint density at radius 2 is 1.70 bits per heavy atom. The second kappa shape index (κ2) is 8.49. The Balaban J connectivity index is 1.59. The van der Waals surface area contributed by atoms with Crippen molar-refractivity contribution in [2.45, 2.75) is 25.4 Å². The molecule has 1 heterocycles. The van der Waals surface area contributed by atoms with Gasteiger partial charge in [0.05, 0.1) is 27.9 Å². The molecule has 1 amide bonds. The summed E-state index contributed by atoms with van der Waals surface area (Å²) in [6.07, 6.45) is 2.02. The number of amides is 1. The molecule has 1 saturated carbocycles. The summed E-state index contributed by atoms with van der Waals surface area (Å²) in [5.41, 5.74) is 2.11. The Labute approximate surface area is 175 Å². The number of hydrogen-bond donors (Lipinski definition) is 0. The van der Waals surface area contributed by atoms with Gasteiger partial charge in [-0.25, -0.2) is 0 Å². The van der Waals surface area contributed by atoms with Crippen molar-refractivity contribution in [1.29, 1.82) is 0 Å². The number of carbonyl (C=O) groups is 1. The molecule has 0 N–H and O–H groups in total. The van der Waals surface area contributed by atoms with E-state index in [2.05, 4.69) is 5.16 Å². The van der Waals surface area contributed by atoms with E-state index in [-0.39, 0.29) is 11.9 Å². The molecule has 0 unspecified atom stereocenters. The van der Waals surface area contributed by atoms with Gasteiger partial charge in [-0.3, -0.25) is 4.79 Å². The predicted octanol–water partition coefficient (Wildman–Crippen LogP) is 4.17.